The lowest BCUT2D eigenvalue weighted by Crippen LogP contribution is -2.10. The number of esters is 1. The predicted molar refractivity (Wildman–Crippen MR) is 77.5 cm³/mol. The molecule has 0 aliphatic carbocycles. The van der Waals surface area contributed by atoms with Crippen LogP contribution in [0.25, 0.3) is 0 Å². The number of carbonyl (C=O) groups excluding carboxylic acids is 1. The maximum atomic E-state index is 11.9. The zero-order valence-electron chi connectivity index (χ0n) is 12.6. The van der Waals surface area contributed by atoms with Gasteiger partial charge in [0.2, 0.25) is 0 Å². The van der Waals surface area contributed by atoms with E-state index in [2.05, 4.69) is 26.8 Å². The molecule has 0 saturated heterocycles. The van der Waals surface area contributed by atoms with Gasteiger partial charge >= 0.3 is 5.97 Å². The number of unbranched alkanes of at least 4 members (excludes halogenated alkanes) is 2. The molecule has 0 amide bonds. The third kappa shape index (κ3) is 7.52. The summed E-state index contributed by atoms with van der Waals surface area (Å²) in [4.78, 5) is 11.9. The van der Waals surface area contributed by atoms with Gasteiger partial charge in [0.15, 0.2) is 0 Å². The second-order valence-corrected chi connectivity index (χ2v) is 4.83. The monoisotopic (exact) mass is 254 g/mol. The van der Waals surface area contributed by atoms with Crippen molar-refractivity contribution in [1.29, 1.82) is 0 Å². The van der Waals surface area contributed by atoms with Gasteiger partial charge in [-0.2, -0.15) is 0 Å². The van der Waals surface area contributed by atoms with Crippen molar-refractivity contribution >= 4 is 5.97 Å². The zero-order chi connectivity index (χ0) is 13.8. The lowest BCUT2D eigenvalue weighted by atomic mass is 9.95. The topological polar surface area (TPSA) is 26.3 Å². The summed E-state index contributed by atoms with van der Waals surface area (Å²) in [6.07, 6.45) is 9.95. The summed E-state index contributed by atoms with van der Waals surface area (Å²) in [7, 11) is 0. The normalized spacial score (nSPS) is 13.4. The van der Waals surface area contributed by atoms with Gasteiger partial charge in [-0.15, -0.1) is 0 Å². The molecule has 0 aromatic rings. The summed E-state index contributed by atoms with van der Waals surface area (Å²) in [5, 5.41) is 0. The van der Waals surface area contributed by atoms with Crippen LogP contribution in [0.15, 0.2) is 11.6 Å². The van der Waals surface area contributed by atoms with Crippen molar-refractivity contribution in [2.24, 2.45) is 5.92 Å². The Kier molecular flexibility index (Phi) is 10.8. The maximum Gasteiger partial charge on any atom is 0.333 e. The van der Waals surface area contributed by atoms with E-state index in [4.69, 9.17) is 4.74 Å². The molecule has 0 spiro atoms. The van der Waals surface area contributed by atoms with Gasteiger partial charge in [-0.25, -0.2) is 4.79 Å². The van der Waals surface area contributed by atoms with E-state index in [0.717, 1.165) is 31.3 Å². The summed E-state index contributed by atoms with van der Waals surface area (Å²) in [6, 6.07) is 0. The quantitative estimate of drug-likeness (QED) is 0.410. The SMILES string of the molecule is CCCC/C(=C/C(CC)CCCC)C(=O)OCC. The number of hydrogen-bond acceptors (Lipinski definition) is 2. The first kappa shape index (κ1) is 17.2. The Bertz CT molecular complexity index is 243. The van der Waals surface area contributed by atoms with Crippen molar-refractivity contribution in [2.45, 2.75) is 72.6 Å². The number of allylic oxidation sites excluding steroid dienone is 1. The first-order chi connectivity index (χ1) is 8.69. The highest BCUT2D eigenvalue weighted by Gasteiger charge is 2.12. The highest BCUT2D eigenvalue weighted by molar-refractivity contribution is 5.88. The first-order valence-electron chi connectivity index (χ1n) is 7.57. The van der Waals surface area contributed by atoms with Crippen molar-refractivity contribution in [3.8, 4) is 0 Å². The molecule has 0 saturated carbocycles. The number of hydrogen-bond donors (Lipinski definition) is 0. The summed E-state index contributed by atoms with van der Waals surface area (Å²) >= 11 is 0. The average molecular weight is 254 g/mol. The van der Waals surface area contributed by atoms with Crippen LogP contribution in [0.1, 0.15) is 72.6 Å². The molecular weight excluding hydrogens is 224 g/mol. The van der Waals surface area contributed by atoms with Gasteiger partial charge in [0.1, 0.15) is 0 Å². The van der Waals surface area contributed by atoms with Crippen LogP contribution in [0.5, 0.6) is 0 Å². The minimum Gasteiger partial charge on any atom is -0.463 e. The fourth-order valence-corrected chi connectivity index (χ4v) is 2.00. The molecule has 0 aromatic heterocycles. The Morgan fingerprint density at radius 2 is 1.78 bits per heavy atom. The molecule has 1 unspecified atom stereocenters. The van der Waals surface area contributed by atoms with Gasteiger partial charge in [-0.1, -0.05) is 46.1 Å². The van der Waals surface area contributed by atoms with Crippen molar-refractivity contribution in [3.63, 3.8) is 0 Å². The van der Waals surface area contributed by atoms with Crippen LogP contribution in [0.4, 0.5) is 0 Å². The van der Waals surface area contributed by atoms with Crippen molar-refractivity contribution in [1.82, 2.24) is 0 Å². The van der Waals surface area contributed by atoms with Gasteiger partial charge in [-0.3, -0.25) is 0 Å². The molecule has 0 radical (unpaired) electrons. The van der Waals surface area contributed by atoms with Gasteiger partial charge in [0.25, 0.3) is 0 Å². The Morgan fingerprint density at radius 1 is 1.11 bits per heavy atom. The van der Waals surface area contributed by atoms with E-state index >= 15 is 0 Å². The van der Waals surface area contributed by atoms with Crippen LogP contribution in [-0.4, -0.2) is 12.6 Å². The molecular formula is C16H30O2. The standard InChI is InChI=1S/C16H30O2/c1-5-9-11-14(7-3)13-15(12-10-6-2)16(17)18-8-4/h13-14H,5-12H2,1-4H3/b15-13-. The Morgan fingerprint density at radius 3 is 2.28 bits per heavy atom. The second-order valence-electron chi connectivity index (χ2n) is 4.83. The van der Waals surface area contributed by atoms with Crippen LogP contribution in [0, 0.1) is 5.92 Å². The van der Waals surface area contributed by atoms with Gasteiger partial charge in [-0.05, 0) is 38.5 Å². The average Bonchev–Trinajstić information content (AvgIpc) is 2.38. The maximum absolute atomic E-state index is 11.9. The predicted octanol–water partition coefficient (Wildman–Crippen LogP) is 4.88. The molecule has 106 valence electrons. The largest absolute Gasteiger partial charge is 0.463 e. The lowest BCUT2D eigenvalue weighted by molar-refractivity contribution is -0.138. The molecule has 1 atom stereocenters. The van der Waals surface area contributed by atoms with Gasteiger partial charge in [0.05, 0.1) is 6.61 Å². The third-order valence-corrected chi connectivity index (χ3v) is 3.23. The zero-order valence-corrected chi connectivity index (χ0v) is 12.6. The van der Waals surface area contributed by atoms with Crippen LogP contribution in [0.3, 0.4) is 0 Å². The number of carbonyl (C=O) groups is 1. The molecule has 0 aliphatic heterocycles. The fourth-order valence-electron chi connectivity index (χ4n) is 2.00. The van der Waals surface area contributed by atoms with E-state index in [9.17, 15) is 4.79 Å². The molecule has 0 aliphatic rings. The van der Waals surface area contributed by atoms with E-state index < -0.39 is 0 Å². The first-order valence-corrected chi connectivity index (χ1v) is 7.57. The van der Waals surface area contributed by atoms with Crippen LogP contribution in [0.2, 0.25) is 0 Å². The summed E-state index contributed by atoms with van der Waals surface area (Å²) in [6.45, 7) is 8.88. The Balaban J connectivity index is 4.61. The van der Waals surface area contributed by atoms with Crippen LogP contribution >= 0.6 is 0 Å². The highest BCUT2D eigenvalue weighted by Crippen LogP contribution is 2.19. The van der Waals surface area contributed by atoms with E-state index in [1.54, 1.807) is 0 Å². The Hall–Kier alpha value is -0.790. The second kappa shape index (κ2) is 11.3. The third-order valence-electron chi connectivity index (χ3n) is 3.23. The van der Waals surface area contributed by atoms with E-state index in [1.165, 1.54) is 19.3 Å². The molecule has 0 rings (SSSR count). The number of ether oxygens (including phenoxy) is 1. The van der Waals surface area contributed by atoms with E-state index in [0.29, 0.717) is 12.5 Å². The van der Waals surface area contributed by atoms with Crippen LogP contribution in [-0.2, 0) is 9.53 Å². The van der Waals surface area contributed by atoms with Crippen LogP contribution < -0.4 is 0 Å². The van der Waals surface area contributed by atoms with E-state index in [-0.39, 0.29) is 5.97 Å². The van der Waals surface area contributed by atoms with E-state index in [1.807, 2.05) is 6.92 Å². The number of rotatable bonds is 10. The molecule has 0 aromatic carbocycles. The molecule has 0 N–H and O–H groups in total. The minimum absolute atomic E-state index is 0.110. The van der Waals surface area contributed by atoms with Gasteiger partial charge in [0, 0.05) is 5.57 Å². The summed E-state index contributed by atoms with van der Waals surface area (Å²) in [5.74, 6) is 0.419. The Labute approximate surface area is 113 Å². The highest BCUT2D eigenvalue weighted by atomic mass is 16.5. The molecule has 2 nitrogen and oxygen atoms in total. The molecule has 0 fully saturated rings. The fraction of sp³-hybridized carbons (Fsp3) is 0.812. The smallest absolute Gasteiger partial charge is 0.333 e. The lowest BCUT2D eigenvalue weighted by Gasteiger charge is -2.13. The molecule has 0 heterocycles. The summed E-state index contributed by atoms with van der Waals surface area (Å²) < 4.78 is 5.14. The van der Waals surface area contributed by atoms with Crippen molar-refractivity contribution < 1.29 is 9.53 Å². The summed E-state index contributed by atoms with van der Waals surface area (Å²) in [5.41, 5.74) is 0.890. The van der Waals surface area contributed by atoms with Crippen molar-refractivity contribution in [3.05, 3.63) is 11.6 Å². The molecule has 0 bridgehead atoms. The van der Waals surface area contributed by atoms with Crippen molar-refractivity contribution in [2.75, 3.05) is 6.61 Å². The molecule has 18 heavy (non-hydrogen) atoms. The minimum atomic E-state index is -0.110. The molecule has 2 heteroatoms. The van der Waals surface area contributed by atoms with Gasteiger partial charge < -0.3 is 4.74 Å².